The van der Waals surface area contributed by atoms with Crippen LogP contribution in [0, 0.1) is 0 Å². The number of β-amino-alcohol motifs (C(OH)–C–C–N with tert-alkyl or cyclic N) is 1. The fourth-order valence-electron chi connectivity index (χ4n) is 3.63. The maximum absolute atomic E-state index is 12.3. The molecule has 6 heteroatoms. The molecule has 0 bridgehead atoms. The highest BCUT2D eigenvalue weighted by atomic mass is 16.6. The van der Waals surface area contributed by atoms with Gasteiger partial charge in [-0.2, -0.15) is 0 Å². The molecule has 2 aliphatic heterocycles. The van der Waals surface area contributed by atoms with Crippen LogP contribution < -0.4 is 5.32 Å². The van der Waals surface area contributed by atoms with Crippen molar-refractivity contribution in [3.63, 3.8) is 0 Å². The first-order valence-electron chi connectivity index (χ1n) is 9.26. The number of benzene rings is 1. The quantitative estimate of drug-likeness (QED) is 0.863. The summed E-state index contributed by atoms with van der Waals surface area (Å²) in [6, 6.07) is 9.74. The zero-order valence-corrected chi connectivity index (χ0v) is 14.8. The second-order valence-corrected chi connectivity index (χ2v) is 7.16. The number of rotatable bonds is 4. The third-order valence-corrected chi connectivity index (χ3v) is 5.02. The van der Waals surface area contributed by atoms with Gasteiger partial charge < -0.3 is 20.1 Å². The summed E-state index contributed by atoms with van der Waals surface area (Å²) in [4.78, 5) is 16.4. The summed E-state index contributed by atoms with van der Waals surface area (Å²) < 4.78 is 5.44. The molecule has 1 aromatic rings. The SMILES string of the molecule is O=C(OCc1ccccc1)N1CCCN(C[C@@]2(O)CCCNC2)CC1. The number of hydrogen-bond acceptors (Lipinski definition) is 5. The number of piperidine rings is 1. The zero-order valence-electron chi connectivity index (χ0n) is 14.8. The lowest BCUT2D eigenvalue weighted by Crippen LogP contribution is -2.53. The number of carbonyl (C=O) groups is 1. The van der Waals surface area contributed by atoms with Crippen molar-refractivity contribution in [3.8, 4) is 0 Å². The average molecular weight is 347 g/mol. The van der Waals surface area contributed by atoms with Gasteiger partial charge in [0.05, 0.1) is 5.60 Å². The number of amides is 1. The molecule has 6 nitrogen and oxygen atoms in total. The van der Waals surface area contributed by atoms with Crippen LogP contribution in [0.5, 0.6) is 0 Å². The second-order valence-electron chi connectivity index (χ2n) is 7.16. The third kappa shape index (κ3) is 5.42. The molecule has 0 radical (unpaired) electrons. The Bertz CT molecular complexity index is 546. The van der Waals surface area contributed by atoms with Gasteiger partial charge in [-0.05, 0) is 31.4 Å². The molecule has 2 N–H and O–H groups in total. The first kappa shape index (κ1) is 18.2. The topological polar surface area (TPSA) is 65.0 Å². The van der Waals surface area contributed by atoms with E-state index in [-0.39, 0.29) is 6.09 Å². The van der Waals surface area contributed by atoms with E-state index >= 15 is 0 Å². The number of carbonyl (C=O) groups excluding carboxylic acids is 1. The normalized spacial score (nSPS) is 25.4. The van der Waals surface area contributed by atoms with Gasteiger partial charge in [0.25, 0.3) is 0 Å². The Morgan fingerprint density at radius 1 is 1.16 bits per heavy atom. The smallest absolute Gasteiger partial charge is 0.410 e. The molecular formula is C19H29N3O3. The fourth-order valence-corrected chi connectivity index (χ4v) is 3.63. The van der Waals surface area contributed by atoms with E-state index < -0.39 is 5.60 Å². The molecule has 3 rings (SSSR count). The van der Waals surface area contributed by atoms with Crippen molar-refractivity contribution >= 4 is 6.09 Å². The van der Waals surface area contributed by atoms with Crippen molar-refractivity contribution in [1.29, 1.82) is 0 Å². The van der Waals surface area contributed by atoms with Crippen molar-refractivity contribution < 1.29 is 14.6 Å². The Hall–Kier alpha value is -1.63. The molecule has 0 aromatic heterocycles. The lowest BCUT2D eigenvalue weighted by Gasteiger charge is -2.37. The van der Waals surface area contributed by atoms with Crippen LogP contribution >= 0.6 is 0 Å². The Labute approximate surface area is 149 Å². The molecule has 0 unspecified atom stereocenters. The summed E-state index contributed by atoms with van der Waals surface area (Å²) in [6.45, 7) is 5.68. The van der Waals surface area contributed by atoms with E-state index in [1.807, 2.05) is 30.3 Å². The minimum absolute atomic E-state index is 0.247. The van der Waals surface area contributed by atoms with Crippen LogP contribution in [0.4, 0.5) is 4.79 Å². The van der Waals surface area contributed by atoms with Crippen LogP contribution in [0.3, 0.4) is 0 Å². The molecular weight excluding hydrogens is 318 g/mol. The molecule has 25 heavy (non-hydrogen) atoms. The van der Waals surface area contributed by atoms with Gasteiger partial charge in [-0.25, -0.2) is 4.79 Å². The monoisotopic (exact) mass is 347 g/mol. The van der Waals surface area contributed by atoms with Crippen LogP contribution in [0.15, 0.2) is 30.3 Å². The van der Waals surface area contributed by atoms with E-state index in [1.165, 1.54) is 0 Å². The molecule has 1 amide bonds. The lowest BCUT2D eigenvalue weighted by molar-refractivity contribution is -0.0144. The number of ether oxygens (including phenoxy) is 1. The molecule has 0 spiro atoms. The minimum atomic E-state index is -0.638. The van der Waals surface area contributed by atoms with E-state index in [0.717, 1.165) is 44.5 Å². The van der Waals surface area contributed by atoms with Gasteiger partial charge in [-0.1, -0.05) is 30.3 Å². The van der Waals surface area contributed by atoms with Gasteiger partial charge >= 0.3 is 6.09 Å². The van der Waals surface area contributed by atoms with Crippen molar-refractivity contribution in [2.24, 2.45) is 0 Å². The van der Waals surface area contributed by atoms with Crippen molar-refractivity contribution in [2.75, 3.05) is 45.8 Å². The molecule has 0 aliphatic carbocycles. The van der Waals surface area contributed by atoms with Crippen molar-refractivity contribution in [2.45, 2.75) is 31.5 Å². The van der Waals surface area contributed by atoms with Crippen LogP contribution in [0.1, 0.15) is 24.8 Å². The maximum atomic E-state index is 12.3. The number of aliphatic hydroxyl groups is 1. The number of hydrogen-bond donors (Lipinski definition) is 2. The van der Waals surface area contributed by atoms with Gasteiger partial charge in [0.2, 0.25) is 0 Å². The lowest BCUT2D eigenvalue weighted by atomic mass is 9.93. The van der Waals surface area contributed by atoms with Crippen LogP contribution in [0.25, 0.3) is 0 Å². The zero-order chi connectivity index (χ0) is 17.5. The Morgan fingerprint density at radius 2 is 2.00 bits per heavy atom. The highest BCUT2D eigenvalue weighted by Gasteiger charge is 2.32. The summed E-state index contributed by atoms with van der Waals surface area (Å²) in [5, 5.41) is 14.0. The summed E-state index contributed by atoms with van der Waals surface area (Å²) in [5.74, 6) is 0. The molecule has 2 fully saturated rings. The first-order chi connectivity index (χ1) is 12.1. The standard InChI is InChI=1S/C19H29N3O3/c23-18(25-14-17-6-2-1-3-7-17)22-11-5-10-21(12-13-22)16-19(24)8-4-9-20-15-19/h1-3,6-7,20,24H,4-5,8-16H2/t19-/m1/s1. The van der Waals surface area contributed by atoms with Crippen LogP contribution in [-0.4, -0.2) is 72.4 Å². The highest BCUT2D eigenvalue weighted by Crippen LogP contribution is 2.18. The molecule has 1 aromatic carbocycles. The van der Waals surface area contributed by atoms with Crippen molar-refractivity contribution in [1.82, 2.24) is 15.1 Å². The summed E-state index contributed by atoms with van der Waals surface area (Å²) >= 11 is 0. The maximum Gasteiger partial charge on any atom is 0.410 e. The van der Waals surface area contributed by atoms with E-state index in [4.69, 9.17) is 4.74 Å². The van der Waals surface area contributed by atoms with Gasteiger partial charge in [0.15, 0.2) is 0 Å². The van der Waals surface area contributed by atoms with Crippen LogP contribution in [-0.2, 0) is 11.3 Å². The third-order valence-electron chi connectivity index (χ3n) is 5.02. The predicted octanol–water partition coefficient (Wildman–Crippen LogP) is 1.45. The summed E-state index contributed by atoms with van der Waals surface area (Å²) in [6.07, 6.45) is 2.52. The van der Waals surface area contributed by atoms with E-state index in [0.29, 0.717) is 32.8 Å². The predicted molar refractivity (Wildman–Crippen MR) is 96.3 cm³/mol. The number of nitrogens with zero attached hydrogens (tertiary/aromatic N) is 2. The Morgan fingerprint density at radius 3 is 2.76 bits per heavy atom. The fraction of sp³-hybridized carbons (Fsp3) is 0.632. The van der Waals surface area contributed by atoms with E-state index in [1.54, 1.807) is 4.90 Å². The van der Waals surface area contributed by atoms with Gasteiger partial charge in [0, 0.05) is 39.3 Å². The summed E-state index contributed by atoms with van der Waals surface area (Å²) in [7, 11) is 0. The van der Waals surface area contributed by atoms with Gasteiger partial charge in [-0.15, -0.1) is 0 Å². The minimum Gasteiger partial charge on any atom is -0.445 e. The van der Waals surface area contributed by atoms with Gasteiger partial charge in [-0.3, -0.25) is 4.90 Å². The molecule has 1 atom stereocenters. The molecule has 0 saturated carbocycles. The summed E-state index contributed by atoms with van der Waals surface area (Å²) in [5.41, 5.74) is 0.362. The highest BCUT2D eigenvalue weighted by molar-refractivity contribution is 5.67. The first-order valence-corrected chi connectivity index (χ1v) is 9.26. The van der Waals surface area contributed by atoms with Crippen LogP contribution in [0.2, 0.25) is 0 Å². The van der Waals surface area contributed by atoms with E-state index in [9.17, 15) is 9.90 Å². The average Bonchev–Trinajstić information content (AvgIpc) is 2.86. The molecule has 138 valence electrons. The molecule has 2 aliphatic rings. The van der Waals surface area contributed by atoms with Crippen molar-refractivity contribution in [3.05, 3.63) is 35.9 Å². The van der Waals surface area contributed by atoms with Gasteiger partial charge in [0.1, 0.15) is 6.61 Å². The largest absolute Gasteiger partial charge is 0.445 e. The second kappa shape index (κ2) is 8.65. The Kier molecular flexibility index (Phi) is 6.29. The Balaban J connectivity index is 1.45. The molecule has 2 heterocycles. The molecule has 2 saturated heterocycles. The number of nitrogens with one attached hydrogen (secondary N) is 1. The van der Waals surface area contributed by atoms with E-state index in [2.05, 4.69) is 10.2 Å².